The normalized spacial score (nSPS) is 14.2. The average molecular weight is 594 g/mol. The summed E-state index contributed by atoms with van der Waals surface area (Å²) in [5.41, 5.74) is 2.31. The van der Waals surface area contributed by atoms with Crippen molar-refractivity contribution in [2.24, 2.45) is 0 Å². The summed E-state index contributed by atoms with van der Waals surface area (Å²) in [4.78, 5) is 17.2. The SMILES string of the molecule is CSc1cc(F)ccc1-c1ccc2cc(OS(C)(=O)=O)ccc2c1C(=O)c1ccc(OCCN2CCCCC2)cc1. The molecule has 0 saturated carbocycles. The Hall–Kier alpha value is -3.40. The maximum Gasteiger partial charge on any atom is 0.306 e. The van der Waals surface area contributed by atoms with Crippen LogP contribution >= 0.6 is 11.8 Å². The largest absolute Gasteiger partial charge is 0.492 e. The fourth-order valence-corrected chi connectivity index (χ4v) is 6.30. The van der Waals surface area contributed by atoms with Gasteiger partial charge in [0.1, 0.15) is 23.9 Å². The van der Waals surface area contributed by atoms with Gasteiger partial charge in [-0.2, -0.15) is 8.42 Å². The fourth-order valence-electron chi connectivity index (χ4n) is 5.21. The first-order valence-corrected chi connectivity index (χ1v) is 16.6. The number of thioether (sulfide) groups is 1. The van der Waals surface area contributed by atoms with Crippen LogP contribution in [0.5, 0.6) is 11.5 Å². The van der Waals surface area contributed by atoms with Crippen LogP contribution in [0, 0.1) is 5.82 Å². The van der Waals surface area contributed by atoms with E-state index in [4.69, 9.17) is 8.92 Å². The molecule has 6 nitrogen and oxygen atoms in total. The molecule has 1 fully saturated rings. The van der Waals surface area contributed by atoms with Crippen LogP contribution in [-0.2, 0) is 10.1 Å². The topological polar surface area (TPSA) is 72.9 Å². The van der Waals surface area contributed by atoms with E-state index in [1.165, 1.54) is 49.2 Å². The van der Waals surface area contributed by atoms with Gasteiger partial charge in [-0.25, -0.2) is 4.39 Å². The number of hydrogen-bond donors (Lipinski definition) is 0. The van der Waals surface area contributed by atoms with Gasteiger partial charge >= 0.3 is 10.1 Å². The summed E-state index contributed by atoms with van der Waals surface area (Å²) in [6.07, 6.45) is 6.60. The van der Waals surface area contributed by atoms with Gasteiger partial charge in [-0.3, -0.25) is 9.69 Å². The second-order valence-electron chi connectivity index (χ2n) is 10.1. The quantitative estimate of drug-likeness (QED) is 0.114. The molecule has 4 aromatic carbocycles. The summed E-state index contributed by atoms with van der Waals surface area (Å²) in [7, 11) is -3.72. The van der Waals surface area contributed by atoms with E-state index < -0.39 is 10.1 Å². The number of carbonyl (C=O) groups excluding carboxylic acids is 1. The molecule has 0 amide bonds. The number of nitrogens with zero attached hydrogens (tertiary/aromatic N) is 1. The number of likely N-dealkylation sites (tertiary alicyclic amines) is 1. The molecule has 0 N–H and O–H groups in total. The predicted molar refractivity (Wildman–Crippen MR) is 162 cm³/mol. The molecule has 0 bridgehead atoms. The molecule has 1 aliphatic heterocycles. The minimum absolute atomic E-state index is 0.156. The summed E-state index contributed by atoms with van der Waals surface area (Å²) < 4.78 is 48.5. The van der Waals surface area contributed by atoms with E-state index >= 15 is 0 Å². The number of carbonyl (C=O) groups is 1. The molecule has 41 heavy (non-hydrogen) atoms. The molecule has 0 aromatic heterocycles. The number of halogens is 1. The van der Waals surface area contributed by atoms with Crippen molar-refractivity contribution in [3.8, 4) is 22.6 Å². The van der Waals surface area contributed by atoms with Crippen molar-refractivity contribution < 1.29 is 26.5 Å². The van der Waals surface area contributed by atoms with E-state index in [0.29, 0.717) is 44.7 Å². The molecule has 5 rings (SSSR count). The third-order valence-corrected chi connectivity index (χ3v) is 8.43. The van der Waals surface area contributed by atoms with Gasteiger partial charge in [0.05, 0.1) is 6.26 Å². The molecule has 1 saturated heterocycles. The molecule has 9 heteroatoms. The molecule has 0 unspecified atom stereocenters. The van der Waals surface area contributed by atoms with Gasteiger partial charge in [0.25, 0.3) is 0 Å². The van der Waals surface area contributed by atoms with Gasteiger partial charge < -0.3 is 8.92 Å². The number of rotatable bonds is 10. The Morgan fingerprint density at radius 3 is 2.32 bits per heavy atom. The summed E-state index contributed by atoms with van der Waals surface area (Å²) in [5.74, 6) is 0.287. The van der Waals surface area contributed by atoms with Gasteiger partial charge in [-0.15, -0.1) is 11.8 Å². The highest BCUT2D eigenvalue weighted by atomic mass is 32.2. The van der Waals surface area contributed by atoms with Crippen molar-refractivity contribution in [2.75, 3.05) is 38.8 Å². The van der Waals surface area contributed by atoms with E-state index in [-0.39, 0.29) is 17.3 Å². The first kappa shape index (κ1) is 29.1. The third-order valence-electron chi connectivity index (χ3n) is 7.16. The van der Waals surface area contributed by atoms with Crippen LogP contribution in [0.1, 0.15) is 35.2 Å². The number of benzene rings is 4. The zero-order valence-corrected chi connectivity index (χ0v) is 24.7. The minimum atomic E-state index is -3.72. The van der Waals surface area contributed by atoms with Crippen LogP contribution in [0.3, 0.4) is 0 Å². The fraction of sp³-hybridized carbons (Fsp3) is 0.281. The second-order valence-corrected chi connectivity index (χ2v) is 12.5. The molecule has 0 atom stereocenters. The standard InChI is InChI=1S/C32H32FNO5S2/c1-40-30-21-24(33)9-14-28(30)29-13-8-23-20-26(39-41(2,36)37)12-15-27(23)31(29)32(35)22-6-10-25(11-7-22)38-19-18-34-16-4-3-5-17-34/h6-15,20-21H,3-5,16-19H2,1-2H3. The number of ether oxygens (including phenoxy) is 1. The highest BCUT2D eigenvalue weighted by Crippen LogP contribution is 2.38. The minimum Gasteiger partial charge on any atom is -0.492 e. The van der Waals surface area contributed by atoms with Crippen LogP contribution in [0.4, 0.5) is 4.39 Å². The van der Waals surface area contributed by atoms with Crippen LogP contribution in [0.15, 0.2) is 77.7 Å². The number of fused-ring (bicyclic) bond motifs is 1. The molecular weight excluding hydrogens is 561 g/mol. The van der Waals surface area contributed by atoms with E-state index in [9.17, 15) is 17.6 Å². The number of piperidine rings is 1. The molecule has 0 radical (unpaired) electrons. The summed E-state index contributed by atoms with van der Waals surface area (Å²) in [6, 6.07) is 20.1. The summed E-state index contributed by atoms with van der Waals surface area (Å²) >= 11 is 1.40. The first-order chi connectivity index (χ1) is 19.7. The lowest BCUT2D eigenvalue weighted by atomic mass is 9.89. The van der Waals surface area contributed by atoms with Crippen molar-refractivity contribution >= 4 is 38.4 Å². The van der Waals surface area contributed by atoms with E-state index in [0.717, 1.165) is 31.5 Å². The maximum absolute atomic E-state index is 14.1. The van der Waals surface area contributed by atoms with Crippen molar-refractivity contribution in [1.82, 2.24) is 4.90 Å². The molecular formula is C32H32FNO5S2. The first-order valence-electron chi connectivity index (χ1n) is 13.5. The molecule has 1 heterocycles. The molecule has 1 aliphatic rings. The van der Waals surface area contributed by atoms with Crippen LogP contribution in [0.2, 0.25) is 0 Å². The average Bonchev–Trinajstić information content (AvgIpc) is 2.96. The maximum atomic E-state index is 14.1. The Morgan fingerprint density at radius 1 is 0.902 bits per heavy atom. The van der Waals surface area contributed by atoms with Crippen molar-refractivity contribution in [1.29, 1.82) is 0 Å². The van der Waals surface area contributed by atoms with Crippen molar-refractivity contribution in [2.45, 2.75) is 24.2 Å². The Balaban J connectivity index is 1.50. The molecule has 0 aliphatic carbocycles. The Bertz CT molecular complexity index is 1670. The van der Waals surface area contributed by atoms with Crippen LogP contribution in [-0.4, -0.2) is 57.9 Å². The van der Waals surface area contributed by atoms with Crippen molar-refractivity contribution in [3.63, 3.8) is 0 Å². The van der Waals surface area contributed by atoms with Gasteiger partial charge in [0.15, 0.2) is 5.78 Å². The Morgan fingerprint density at radius 2 is 1.61 bits per heavy atom. The molecule has 214 valence electrons. The van der Waals surface area contributed by atoms with Crippen LogP contribution in [0.25, 0.3) is 21.9 Å². The molecule has 0 spiro atoms. The lowest BCUT2D eigenvalue weighted by molar-refractivity contribution is 0.104. The monoisotopic (exact) mass is 593 g/mol. The smallest absolute Gasteiger partial charge is 0.306 e. The zero-order valence-electron chi connectivity index (χ0n) is 23.1. The number of hydrogen-bond acceptors (Lipinski definition) is 7. The highest BCUT2D eigenvalue weighted by molar-refractivity contribution is 7.98. The van der Waals surface area contributed by atoms with Crippen LogP contribution < -0.4 is 8.92 Å². The van der Waals surface area contributed by atoms with Gasteiger partial charge in [0.2, 0.25) is 0 Å². The molecule has 4 aromatic rings. The number of ketones is 1. The lowest BCUT2D eigenvalue weighted by Gasteiger charge is -2.26. The van der Waals surface area contributed by atoms with Gasteiger partial charge in [-0.05, 0) is 109 Å². The van der Waals surface area contributed by atoms with Crippen molar-refractivity contribution in [3.05, 3.63) is 89.7 Å². The van der Waals surface area contributed by atoms with E-state index in [1.54, 1.807) is 42.5 Å². The highest BCUT2D eigenvalue weighted by Gasteiger charge is 2.21. The van der Waals surface area contributed by atoms with Gasteiger partial charge in [0, 0.05) is 22.6 Å². The Labute approximate surface area is 244 Å². The van der Waals surface area contributed by atoms with E-state index in [1.807, 2.05) is 18.4 Å². The van der Waals surface area contributed by atoms with E-state index in [2.05, 4.69) is 4.90 Å². The predicted octanol–water partition coefficient (Wildman–Crippen LogP) is 6.80. The summed E-state index contributed by atoms with van der Waals surface area (Å²) in [5, 5.41) is 1.27. The van der Waals surface area contributed by atoms with Gasteiger partial charge in [-0.1, -0.05) is 24.6 Å². The lowest BCUT2D eigenvalue weighted by Crippen LogP contribution is -2.33. The summed E-state index contributed by atoms with van der Waals surface area (Å²) in [6.45, 7) is 3.68. The Kier molecular flexibility index (Phi) is 8.97. The zero-order chi connectivity index (χ0) is 29.0. The third kappa shape index (κ3) is 7.09. The second kappa shape index (κ2) is 12.6.